The van der Waals surface area contributed by atoms with Crippen molar-refractivity contribution in [2.75, 3.05) is 0 Å². The Morgan fingerprint density at radius 3 is 2.67 bits per heavy atom. The van der Waals surface area contributed by atoms with E-state index >= 15 is 0 Å². The molecule has 2 aromatic rings. The van der Waals surface area contributed by atoms with Crippen molar-refractivity contribution in [3.63, 3.8) is 0 Å². The van der Waals surface area contributed by atoms with Gasteiger partial charge in [0.2, 0.25) is 11.7 Å². The molecule has 0 radical (unpaired) electrons. The number of ether oxygens (including phenoxy) is 1. The van der Waals surface area contributed by atoms with Gasteiger partial charge >= 0.3 is 5.69 Å². The molecule has 1 aromatic carbocycles. The normalized spacial score (nSPS) is 10.3. The second-order valence-electron chi connectivity index (χ2n) is 3.29. The van der Waals surface area contributed by atoms with E-state index in [0.717, 1.165) is 0 Å². The van der Waals surface area contributed by atoms with Crippen LogP contribution in [-0.4, -0.2) is 20.3 Å². The van der Waals surface area contributed by atoms with Crippen LogP contribution in [0.5, 0.6) is 5.75 Å². The maximum absolute atomic E-state index is 10.6. The lowest BCUT2D eigenvalue weighted by molar-refractivity contribution is -0.729. The van der Waals surface area contributed by atoms with Gasteiger partial charge in [0.1, 0.15) is 11.6 Å². The number of nitrogens with zero attached hydrogens (tertiary/aromatic N) is 3. The van der Waals surface area contributed by atoms with Crippen LogP contribution >= 0.6 is 11.6 Å². The van der Waals surface area contributed by atoms with Crippen LogP contribution in [0.25, 0.3) is 0 Å². The molecule has 7 nitrogen and oxygen atoms in total. The lowest BCUT2D eigenvalue weighted by Crippen LogP contribution is -1.98. The molecule has 2 rings (SSSR count). The maximum atomic E-state index is 10.6. The number of aromatic nitrogens is 2. The molecule has 8 heteroatoms. The molecule has 0 saturated carbocycles. The van der Waals surface area contributed by atoms with Crippen LogP contribution in [0.2, 0.25) is 0 Å². The quantitative estimate of drug-likeness (QED) is 0.662. The predicted octanol–water partition coefficient (Wildman–Crippen LogP) is 2.19. The highest BCUT2D eigenvalue weighted by Crippen LogP contribution is 2.17. The lowest BCUT2D eigenvalue weighted by atomic mass is 10.3. The molecule has 1 aromatic heterocycles. The lowest BCUT2D eigenvalue weighted by Gasteiger charge is -2.01. The molecular weight excluding hydrogens is 262 g/mol. The zero-order valence-corrected chi connectivity index (χ0v) is 9.87. The van der Waals surface area contributed by atoms with Crippen LogP contribution < -0.4 is 4.74 Å². The van der Waals surface area contributed by atoms with Gasteiger partial charge in [-0.25, -0.2) is 5.21 Å². The average Bonchev–Trinajstić information content (AvgIpc) is 2.85. The summed E-state index contributed by atoms with van der Waals surface area (Å²) in [6.45, 7) is 0.125. The minimum Gasteiger partial charge on any atom is -0.485 e. The Balaban J connectivity index is 1.95. The Morgan fingerprint density at radius 2 is 2.11 bits per heavy atom. The first-order valence-electron chi connectivity index (χ1n) is 4.95. The monoisotopic (exact) mass is 270 g/mol. The third-order valence-electron chi connectivity index (χ3n) is 2.05. The van der Waals surface area contributed by atoms with Crippen molar-refractivity contribution in [3.8, 4) is 5.75 Å². The summed E-state index contributed by atoms with van der Waals surface area (Å²) < 4.78 is 10.2. The van der Waals surface area contributed by atoms with Crippen LogP contribution in [0.3, 0.4) is 0 Å². The van der Waals surface area contributed by atoms with Gasteiger partial charge < -0.3 is 9.26 Å². The van der Waals surface area contributed by atoms with Crippen LogP contribution in [0.15, 0.2) is 28.8 Å². The van der Waals surface area contributed by atoms with Crippen molar-refractivity contribution in [1.29, 1.82) is 0 Å². The molecule has 0 fully saturated rings. The fourth-order valence-electron chi connectivity index (χ4n) is 1.22. The fourth-order valence-corrected chi connectivity index (χ4v) is 1.33. The molecule has 0 aliphatic heterocycles. The second kappa shape index (κ2) is 5.46. The topological polar surface area (TPSA) is 88.5 Å². The van der Waals surface area contributed by atoms with Crippen molar-refractivity contribution in [2.45, 2.75) is 12.5 Å². The molecule has 1 N–H and O–H groups in total. The highest BCUT2D eigenvalue weighted by molar-refractivity contribution is 6.16. The van der Waals surface area contributed by atoms with Gasteiger partial charge in [0.15, 0.2) is 6.61 Å². The van der Waals surface area contributed by atoms with E-state index in [-0.39, 0.29) is 23.1 Å². The van der Waals surface area contributed by atoms with E-state index in [4.69, 9.17) is 26.1 Å². The average molecular weight is 271 g/mol. The van der Waals surface area contributed by atoms with Gasteiger partial charge in [0.05, 0.1) is 4.91 Å². The first-order chi connectivity index (χ1) is 8.69. The first kappa shape index (κ1) is 12.3. The van der Waals surface area contributed by atoms with E-state index in [1.807, 2.05) is 0 Å². The molecule has 0 unspecified atom stereocenters. The Morgan fingerprint density at radius 1 is 1.39 bits per heavy atom. The molecule has 0 bridgehead atoms. The number of rotatable bonds is 5. The Labute approximate surface area is 106 Å². The maximum Gasteiger partial charge on any atom is 0.316 e. The van der Waals surface area contributed by atoms with Gasteiger partial charge in [-0.05, 0) is 12.1 Å². The standard InChI is InChI=1S/C10H9ClN3O4/c11-5-10-12-9(13-18-10)6-17-8-3-1-7(2-4-8)14(15)16/h1-4H,5-6H2,(H,15,16)/q+1. The van der Waals surface area contributed by atoms with Crippen molar-refractivity contribution in [1.82, 2.24) is 10.1 Å². The largest absolute Gasteiger partial charge is 0.485 e. The van der Waals surface area contributed by atoms with E-state index in [1.54, 1.807) is 12.1 Å². The zero-order valence-electron chi connectivity index (χ0n) is 9.12. The minimum atomic E-state index is -0.226. The van der Waals surface area contributed by atoms with Gasteiger partial charge in [-0.1, -0.05) is 5.16 Å². The number of alkyl halides is 1. The molecular formula is C10H9ClN3O4+. The predicted molar refractivity (Wildman–Crippen MR) is 59.7 cm³/mol. The van der Waals surface area contributed by atoms with Gasteiger partial charge in [0, 0.05) is 12.1 Å². The van der Waals surface area contributed by atoms with Crippen molar-refractivity contribution in [2.24, 2.45) is 0 Å². The van der Waals surface area contributed by atoms with Crippen molar-refractivity contribution in [3.05, 3.63) is 40.9 Å². The second-order valence-corrected chi connectivity index (χ2v) is 3.56. The van der Waals surface area contributed by atoms with E-state index in [9.17, 15) is 4.91 Å². The Kier molecular flexibility index (Phi) is 3.73. The van der Waals surface area contributed by atoms with Crippen LogP contribution in [-0.2, 0) is 12.5 Å². The Bertz CT molecular complexity index is 540. The number of hydrogen-bond acceptors (Lipinski definition) is 5. The van der Waals surface area contributed by atoms with Gasteiger partial charge in [-0.15, -0.1) is 11.6 Å². The molecule has 1 heterocycles. The molecule has 0 atom stereocenters. The van der Waals surface area contributed by atoms with Gasteiger partial charge in [-0.3, -0.25) is 0 Å². The molecule has 0 amide bonds. The van der Waals surface area contributed by atoms with Crippen LogP contribution in [0.4, 0.5) is 5.69 Å². The number of halogens is 1. The van der Waals surface area contributed by atoms with Crippen LogP contribution in [0.1, 0.15) is 11.7 Å². The summed E-state index contributed by atoms with van der Waals surface area (Å²) in [5.41, 5.74) is 0.117. The van der Waals surface area contributed by atoms with E-state index in [0.29, 0.717) is 17.5 Å². The summed E-state index contributed by atoms with van der Waals surface area (Å²) in [6.07, 6.45) is 0. The van der Waals surface area contributed by atoms with Gasteiger partial charge in [-0.2, -0.15) is 4.98 Å². The molecule has 0 spiro atoms. The van der Waals surface area contributed by atoms with Gasteiger partial charge in [0.25, 0.3) is 4.92 Å². The molecule has 18 heavy (non-hydrogen) atoms. The summed E-state index contributed by atoms with van der Waals surface area (Å²) >= 11 is 5.51. The summed E-state index contributed by atoms with van der Waals surface area (Å²) in [5.74, 6) is 1.37. The summed E-state index contributed by atoms with van der Waals surface area (Å²) in [5, 5.41) is 12.3. The number of benzene rings is 1. The molecule has 0 aliphatic rings. The molecule has 0 aliphatic carbocycles. The van der Waals surface area contributed by atoms with E-state index in [2.05, 4.69) is 10.1 Å². The van der Waals surface area contributed by atoms with Crippen molar-refractivity contribution < 1.29 is 19.4 Å². The number of hydrogen-bond donors (Lipinski definition) is 1. The molecule has 94 valence electrons. The summed E-state index contributed by atoms with van der Waals surface area (Å²) in [4.78, 5) is 14.3. The van der Waals surface area contributed by atoms with E-state index < -0.39 is 0 Å². The highest BCUT2D eigenvalue weighted by atomic mass is 35.5. The highest BCUT2D eigenvalue weighted by Gasteiger charge is 2.11. The minimum absolute atomic E-state index is 0.117. The smallest absolute Gasteiger partial charge is 0.316 e. The van der Waals surface area contributed by atoms with Crippen LogP contribution in [0, 0.1) is 4.91 Å². The SMILES string of the molecule is O=[N+](O)c1ccc(OCc2noc(CCl)n2)cc1. The summed E-state index contributed by atoms with van der Waals surface area (Å²) in [7, 11) is 0. The molecule has 0 saturated heterocycles. The Hall–Kier alpha value is -2.15. The third kappa shape index (κ3) is 2.95. The zero-order chi connectivity index (χ0) is 13.0. The fraction of sp³-hybridized carbons (Fsp3) is 0.200. The third-order valence-corrected chi connectivity index (χ3v) is 2.28. The summed E-state index contributed by atoms with van der Waals surface area (Å²) in [6, 6.07) is 5.92. The van der Waals surface area contributed by atoms with E-state index in [1.165, 1.54) is 12.1 Å². The van der Waals surface area contributed by atoms with Crippen molar-refractivity contribution >= 4 is 17.3 Å². The first-order valence-corrected chi connectivity index (χ1v) is 5.49.